The van der Waals surface area contributed by atoms with Crippen molar-refractivity contribution >= 4 is 5.97 Å². The second kappa shape index (κ2) is 6.34. The normalized spacial score (nSPS) is 14.5. The van der Waals surface area contributed by atoms with Gasteiger partial charge in [0.1, 0.15) is 0 Å². The summed E-state index contributed by atoms with van der Waals surface area (Å²) in [7, 11) is 0. The molecule has 0 aliphatic carbocycles. The molecule has 6 heteroatoms. The van der Waals surface area contributed by atoms with Gasteiger partial charge < -0.3 is 10.2 Å². The van der Waals surface area contributed by atoms with Crippen molar-refractivity contribution < 1.29 is 15.0 Å². The molecule has 0 radical (unpaired) electrons. The Morgan fingerprint density at radius 3 is 2.76 bits per heavy atom. The number of hydrogen-bond acceptors (Lipinski definition) is 4. The van der Waals surface area contributed by atoms with E-state index in [1.54, 1.807) is 17.8 Å². The van der Waals surface area contributed by atoms with E-state index in [1.807, 2.05) is 6.92 Å². The maximum absolute atomic E-state index is 10.3. The van der Waals surface area contributed by atoms with Crippen molar-refractivity contribution in [1.29, 1.82) is 0 Å². The molecule has 0 spiro atoms. The Morgan fingerprint density at radius 2 is 2.18 bits per heavy atom. The number of carbonyl (C=O) groups is 1. The molecule has 0 saturated heterocycles. The van der Waals surface area contributed by atoms with E-state index in [1.165, 1.54) is 0 Å². The SMILES string of the molecule is CC(O)C(C)n1cc(CCCCC(=O)O)nn1. The van der Waals surface area contributed by atoms with Crippen LogP contribution in [0.3, 0.4) is 0 Å². The molecule has 0 fully saturated rings. The van der Waals surface area contributed by atoms with Crippen molar-refractivity contribution in [2.75, 3.05) is 0 Å². The lowest BCUT2D eigenvalue weighted by atomic mass is 10.1. The molecule has 6 nitrogen and oxygen atoms in total. The molecule has 0 saturated carbocycles. The lowest BCUT2D eigenvalue weighted by molar-refractivity contribution is -0.137. The molecule has 96 valence electrons. The van der Waals surface area contributed by atoms with Crippen LogP contribution in [-0.4, -0.2) is 37.3 Å². The van der Waals surface area contributed by atoms with Crippen LogP contribution in [-0.2, 0) is 11.2 Å². The van der Waals surface area contributed by atoms with Crippen LogP contribution >= 0.6 is 0 Å². The van der Waals surface area contributed by atoms with Crippen LogP contribution < -0.4 is 0 Å². The summed E-state index contributed by atoms with van der Waals surface area (Å²) in [6.45, 7) is 3.58. The molecule has 1 rings (SSSR count). The summed E-state index contributed by atoms with van der Waals surface area (Å²) in [5.41, 5.74) is 0.836. The van der Waals surface area contributed by atoms with E-state index in [4.69, 9.17) is 5.11 Å². The van der Waals surface area contributed by atoms with E-state index < -0.39 is 12.1 Å². The first-order valence-corrected chi connectivity index (χ1v) is 5.81. The van der Waals surface area contributed by atoms with Gasteiger partial charge in [0, 0.05) is 12.6 Å². The minimum atomic E-state index is -0.767. The molecule has 0 aliphatic heterocycles. The van der Waals surface area contributed by atoms with Gasteiger partial charge in [-0.05, 0) is 33.1 Å². The number of aliphatic hydroxyl groups is 1. The van der Waals surface area contributed by atoms with Crippen molar-refractivity contribution in [3.8, 4) is 0 Å². The molecular formula is C11H19N3O3. The van der Waals surface area contributed by atoms with Crippen LogP contribution in [0.25, 0.3) is 0 Å². The van der Waals surface area contributed by atoms with Gasteiger partial charge >= 0.3 is 5.97 Å². The Balaban J connectivity index is 2.38. The van der Waals surface area contributed by atoms with E-state index in [2.05, 4.69) is 10.3 Å². The minimum absolute atomic E-state index is 0.102. The molecule has 0 bridgehead atoms. The monoisotopic (exact) mass is 241 g/mol. The average Bonchev–Trinajstić information content (AvgIpc) is 2.71. The molecular weight excluding hydrogens is 222 g/mol. The molecule has 17 heavy (non-hydrogen) atoms. The first-order chi connectivity index (χ1) is 8.00. The van der Waals surface area contributed by atoms with E-state index in [-0.39, 0.29) is 12.5 Å². The molecule has 1 aromatic rings. The fraction of sp³-hybridized carbons (Fsp3) is 0.727. The van der Waals surface area contributed by atoms with Crippen molar-refractivity contribution in [2.45, 2.75) is 51.7 Å². The quantitative estimate of drug-likeness (QED) is 0.696. The highest BCUT2D eigenvalue weighted by molar-refractivity contribution is 5.66. The highest BCUT2D eigenvalue weighted by Gasteiger charge is 2.12. The predicted molar refractivity (Wildman–Crippen MR) is 61.6 cm³/mol. The largest absolute Gasteiger partial charge is 0.481 e. The molecule has 0 aromatic carbocycles. The van der Waals surface area contributed by atoms with Crippen molar-refractivity contribution in [1.82, 2.24) is 15.0 Å². The van der Waals surface area contributed by atoms with Crippen molar-refractivity contribution in [2.24, 2.45) is 0 Å². The van der Waals surface area contributed by atoms with Gasteiger partial charge in [0.05, 0.1) is 17.8 Å². The topological polar surface area (TPSA) is 88.2 Å². The van der Waals surface area contributed by atoms with Gasteiger partial charge in [-0.2, -0.15) is 0 Å². The Bertz CT molecular complexity index is 363. The summed E-state index contributed by atoms with van der Waals surface area (Å²) < 4.78 is 1.64. The van der Waals surface area contributed by atoms with Gasteiger partial charge in [-0.3, -0.25) is 4.79 Å². The van der Waals surface area contributed by atoms with Crippen molar-refractivity contribution in [3.63, 3.8) is 0 Å². The van der Waals surface area contributed by atoms with Crippen LogP contribution in [0.15, 0.2) is 6.20 Å². The van der Waals surface area contributed by atoms with Gasteiger partial charge in [0.15, 0.2) is 0 Å². The predicted octanol–water partition coefficient (Wildman–Crippen LogP) is 1.02. The number of hydrogen-bond donors (Lipinski definition) is 2. The molecule has 1 heterocycles. The maximum atomic E-state index is 10.3. The second-order valence-electron chi connectivity index (χ2n) is 4.27. The van der Waals surface area contributed by atoms with E-state index in [0.717, 1.165) is 18.5 Å². The third-order valence-corrected chi connectivity index (χ3v) is 2.75. The fourth-order valence-electron chi connectivity index (χ4n) is 1.43. The zero-order valence-corrected chi connectivity index (χ0v) is 10.2. The molecule has 2 atom stereocenters. The van der Waals surface area contributed by atoms with E-state index in [0.29, 0.717) is 6.42 Å². The summed E-state index contributed by atoms with van der Waals surface area (Å²) in [6, 6.07) is -0.102. The first-order valence-electron chi connectivity index (χ1n) is 5.81. The highest BCUT2D eigenvalue weighted by Crippen LogP contribution is 2.10. The molecule has 1 aromatic heterocycles. The van der Waals surface area contributed by atoms with Crippen LogP contribution in [0.4, 0.5) is 0 Å². The Kier molecular flexibility index (Phi) is 5.09. The number of aromatic nitrogens is 3. The van der Waals surface area contributed by atoms with Gasteiger partial charge in [-0.15, -0.1) is 5.10 Å². The van der Waals surface area contributed by atoms with Gasteiger partial charge in [0.25, 0.3) is 0 Å². The number of carboxylic acid groups (broad SMARTS) is 1. The van der Waals surface area contributed by atoms with Gasteiger partial charge in [0.2, 0.25) is 0 Å². The number of rotatable bonds is 7. The number of aliphatic carboxylic acids is 1. The minimum Gasteiger partial charge on any atom is -0.481 e. The first kappa shape index (κ1) is 13.6. The number of unbranched alkanes of at least 4 members (excludes halogenated alkanes) is 1. The third-order valence-electron chi connectivity index (χ3n) is 2.75. The standard InChI is InChI=1S/C11H19N3O3/c1-8(9(2)15)14-7-10(12-13-14)5-3-4-6-11(16)17/h7-9,15H,3-6H2,1-2H3,(H,16,17). The van der Waals surface area contributed by atoms with Crippen LogP contribution in [0, 0.1) is 0 Å². The maximum Gasteiger partial charge on any atom is 0.303 e. The summed E-state index contributed by atoms with van der Waals surface area (Å²) in [5, 5.41) is 25.8. The summed E-state index contributed by atoms with van der Waals surface area (Å²) in [5.74, 6) is -0.767. The summed E-state index contributed by atoms with van der Waals surface area (Å²) >= 11 is 0. The molecule has 0 amide bonds. The zero-order chi connectivity index (χ0) is 12.8. The van der Waals surface area contributed by atoms with Crippen LogP contribution in [0.1, 0.15) is 44.8 Å². The molecule has 2 unspecified atom stereocenters. The highest BCUT2D eigenvalue weighted by atomic mass is 16.4. The average molecular weight is 241 g/mol. The Hall–Kier alpha value is -1.43. The Morgan fingerprint density at radius 1 is 1.47 bits per heavy atom. The number of aliphatic hydroxyl groups excluding tert-OH is 1. The second-order valence-corrected chi connectivity index (χ2v) is 4.27. The smallest absolute Gasteiger partial charge is 0.303 e. The van der Waals surface area contributed by atoms with Crippen LogP contribution in [0.2, 0.25) is 0 Å². The fourth-order valence-corrected chi connectivity index (χ4v) is 1.43. The van der Waals surface area contributed by atoms with Gasteiger partial charge in [-0.1, -0.05) is 5.21 Å². The molecule has 2 N–H and O–H groups in total. The number of aryl methyl sites for hydroxylation is 1. The van der Waals surface area contributed by atoms with E-state index >= 15 is 0 Å². The summed E-state index contributed by atoms with van der Waals surface area (Å²) in [4.78, 5) is 10.3. The van der Waals surface area contributed by atoms with Crippen molar-refractivity contribution in [3.05, 3.63) is 11.9 Å². The Labute approximate surface area is 100 Å². The lowest BCUT2D eigenvalue weighted by Crippen LogP contribution is -2.18. The van der Waals surface area contributed by atoms with Gasteiger partial charge in [-0.25, -0.2) is 4.68 Å². The van der Waals surface area contributed by atoms with Crippen LogP contribution in [0.5, 0.6) is 0 Å². The van der Waals surface area contributed by atoms with E-state index in [9.17, 15) is 9.90 Å². The lowest BCUT2D eigenvalue weighted by Gasteiger charge is -2.13. The zero-order valence-electron chi connectivity index (χ0n) is 10.2. The number of nitrogens with zero attached hydrogens (tertiary/aromatic N) is 3. The summed E-state index contributed by atoms with van der Waals surface area (Å²) in [6.07, 6.45) is 3.68. The third kappa shape index (κ3) is 4.52. The molecule has 0 aliphatic rings. The number of carboxylic acids is 1.